The van der Waals surface area contributed by atoms with Crippen molar-refractivity contribution < 1.29 is 24.0 Å². The molecule has 22 heavy (non-hydrogen) atoms. The molecule has 1 saturated heterocycles. The van der Waals surface area contributed by atoms with Gasteiger partial charge in [-0.25, -0.2) is 4.79 Å². The summed E-state index contributed by atoms with van der Waals surface area (Å²) in [6.07, 6.45) is 0. The minimum Gasteiger partial charge on any atom is -0.480 e. The van der Waals surface area contributed by atoms with Gasteiger partial charge in [0.05, 0.1) is 13.2 Å². The van der Waals surface area contributed by atoms with Crippen LogP contribution in [-0.2, 0) is 9.53 Å². The number of benzene rings is 1. The maximum Gasteiger partial charge on any atom is 0.328 e. The Morgan fingerprint density at radius 2 is 2.05 bits per heavy atom. The number of amides is 1. The Morgan fingerprint density at radius 1 is 1.27 bits per heavy atom. The fourth-order valence-corrected chi connectivity index (χ4v) is 2.31. The molecule has 1 aliphatic heterocycles. The van der Waals surface area contributed by atoms with E-state index < -0.39 is 17.9 Å². The van der Waals surface area contributed by atoms with Crippen LogP contribution < -0.4 is 0 Å². The van der Waals surface area contributed by atoms with Gasteiger partial charge in [0.2, 0.25) is 5.76 Å². The number of carboxylic acids is 1. The van der Waals surface area contributed by atoms with E-state index in [1.54, 1.807) is 0 Å². The molecule has 114 valence electrons. The summed E-state index contributed by atoms with van der Waals surface area (Å²) >= 11 is 0. The monoisotopic (exact) mass is 302 g/mol. The Morgan fingerprint density at radius 3 is 2.77 bits per heavy atom. The molecular formula is C15H14N2O5. The van der Waals surface area contributed by atoms with Crippen molar-refractivity contribution in [3.05, 3.63) is 42.2 Å². The van der Waals surface area contributed by atoms with Crippen molar-refractivity contribution in [2.75, 3.05) is 19.8 Å². The first-order valence-electron chi connectivity index (χ1n) is 6.80. The van der Waals surface area contributed by atoms with Crippen LogP contribution in [0.3, 0.4) is 0 Å². The van der Waals surface area contributed by atoms with Crippen LogP contribution in [0.4, 0.5) is 0 Å². The maximum atomic E-state index is 12.4. The third-order valence-electron chi connectivity index (χ3n) is 3.46. The van der Waals surface area contributed by atoms with Gasteiger partial charge in [-0.2, -0.15) is 0 Å². The summed E-state index contributed by atoms with van der Waals surface area (Å²) in [7, 11) is 0. The number of aromatic nitrogens is 1. The lowest BCUT2D eigenvalue weighted by atomic mass is 10.1. The normalized spacial score (nSPS) is 18.2. The summed E-state index contributed by atoms with van der Waals surface area (Å²) in [4.78, 5) is 24.9. The third-order valence-corrected chi connectivity index (χ3v) is 3.46. The van der Waals surface area contributed by atoms with Crippen molar-refractivity contribution >= 4 is 11.9 Å². The fourth-order valence-electron chi connectivity index (χ4n) is 2.31. The minimum atomic E-state index is -1.10. The number of morpholine rings is 1. The highest BCUT2D eigenvalue weighted by atomic mass is 16.5. The number of carbonyl (C=O) groups is 2. The van der Waals surface area contributed by atoms with E-state index >= 15 is 0 Å². The van der Waals surface area contributed by atoms with E-state index in [0.29, 0.717) is 12.3 Å². The molecule has 3 rings (SSSR count). The van der Waals surface area contributed by atoms with Gasteiger partial charge in [-0.15, -0.1) is 0 Å². The Hall–Kier alpha value is -2.67. The molecule has 0 aliphatic carbocycles. The van der Waals surface area contributed by atoms with Crippen molar-refractivity contribution in [3.8, 4) is 11.3 Å². The predicted molar refractivity (Wildman–Crippen MR) is 75.2 cm³/mol. The largest absolute Gasteiger partial charge is 0.480 e. The van der Waals surface area contributed by atoms with E-state index in [2.05, 4.69) is 5.16 Å². The summed E-state index contributed by atoms with van der Waals surface area (Å²) in [5.74, 6) is -1.58. The quantitative estimate of drug-likeness (QED) is 0.917. The molecule has 1 unspecified atom stereocenters. The number of aliphatic carboxylic acids is 1. The van der Waals surface area contributed by atoms with Gasteiger partial charge in [0.25, 0.3) is 5.91 Å². The van der Waals surface area contributed by atoms with Crippen LogP contribution in [0.5, 0.6) is 0 Å². The first kappa shape index (κ1) is 14.3. The molecule has 0 radical (unpaired) electrons. The summed E-state index contributed by atoms with van der Waals surface area (Å²) < 4.78 is 10.2. The van der Waals surface area contributed by atoms with E-state index in [1.807, 2.05) is 30.3 Å². The van der Waals surface area contributed by atoms with Crippen LogP contribution in [0, 0.1) is 0 Å². The SMILES string of the molecule is O=C(O)C1COCCN1C(=O)c1cc(-c2ccccc2)no1. The van der Waals surface area contributed by atoms with Gasteiger partial charge in [0.15, 0.2) is 6.04 Å². The van der Waals surface area contributed by atoms with Gasteiger partial charge in [0.1, 0.15) is 5.69 Å². The third kappa shape index (κ3) is 2.71. The van der Waals surface area contributed by atoms with Gasteiger partial charge >= 0.3 is 5.97 Å². The molecule has 1 amide bonds. The minimum absolute atomic E-state index is 0.0204. The Balaban J connectivity index is 1.83. The fraction of sp³-hybridized carbons (Fsp3) is 0.267. The number of hydrogen-bond acceptors (Lipinski definition) is 5. The van der Waals surface area contributed by atoms with Gasteiger partial charge in [-0.3, -0.25) is 4.79 Å². The lowest BCUT2D eigenvalue weighted by Crippen LogP contribution is -2.52. The molecule has 7 heteroatoms. The molecule has 1 aromatic carbocycles. The molecule has 2 aromatic rings. The second-order valence-corrected chi connectivity index (χ2v) is 4.87. The molecule has 7 nitrogen and oxygen atoms in total. The molecule has 2 heterocycles. The summed E-state index contributed by atoms with van der Waals surface area (Å²) in [6, 6.07) is 9.79. The molecule has 0 bridgehead atoms. The van der Waals surface area contributed by atoms with Gasteiger partial charge in [-0.1, -0.05) is 35.5 Å². The maximum absolute atomic E-state index is 12.4. The van der Waals surface area contributed by atoms with Gasteiger partial charge in [0, 0.05) is 18.2 Å². The molecule has 0 spiro atoms. The lowest BCUT2D eigenvalue weighted by Gasteiger charge is -2.31. The molecule has 1 aromatic heterocycles. The van der Waals surface area contributed by atoms with Crippen LogP contribution >= 0.6 is 0 Å². The highest BCUT2D eigenvalue weighted by molar-refractivity contribution is 5.95. The number of hydrogen-bond donors (Lipinski definition) is 1. The molecule has 1 atom stereocenters. The highest BCUT2D eigenvalue weighted by Crippen LogP contribution is 2.20. The number of carbonyl (C=O) groups excluding carboxylic acids is 1. The number of carboxylic acid groups (broad SMARTS) is 1. The van der Waals surface area contributed by atoms with Crippen molar-refractivity contribution in [1.29, 1.82) is 0 Å². The molecule has 1 N–H and O–H groups in total. The second kappa shape index (κ2) is 5.98. The van der Waals surface area contributed by atoms with E-state index in [0.717, 1.165) is 5.56 Å². The Kier molecular flexibility index (Phi) is 3.88. The number of rotatable bonds is 3. The summed E-state index contributed by atoms with van der Waals surface area (Å²) in [6.45, 7) is 0.479. The average Bonchev–Trinajstić information content (AvgIpc) is 3.05. The van der Waals surface area contributed by atoms with E-state index in [4.69, 9.17) is 14.4 Å². The Labute approximate surface area is 126 Å². The van der Waals surface area contributed by atoms with Crippen LogP contribution in [0.2, 0.25) is 0 Å². The van der Waals surface area contributed by atoms with Crippen molar-refractivity contribution in [3.63, 3.8) is 0 Å². The zero-order chi connectivity index (χ0) is 15.5. The number of ether oxygens (including phenoxy) is 1. The predicted octanol–water partition coefficient (Wildman–Crippen LogP) is 1.27. The zero-order valence-corrected chi connectivity index (χ0v) is 11.6. The topological polar surface area (TPSA) is 92.9 Å². The summed E-state index contributed by atoms with van der Waals surface area (Å²) in [5, 5.41) is 13.0. The van der Waals surface area contributed by atoms with Crippen LogP contribution in [-0.4, -0.2) is 52.8 Å². The van der Waals surface area contributed by atoms with E-state index in [9.17, 15) is 9.59 Å². The first-order chi connectivity index (χ1) is 10.7. The van der Waals surface area contributed by atoms with Crippen LogP contribution in [0.1, 0.15) is 10.6 Å². The van der Waals surface area contributed by atoms with E-state index in [-0.39, 0.29) is 18.9 Å². The second-order valence-electron chi connectivity index (χ2n) is 4.87. The van der Waals surface area contributed by atoms with Crippen molar-refractivity contribution in [1.82, 2.24) is 10.1 Å². The average molecular weight is 302 g/mol. The van der Waals surface area contributed by atoms with Gasteiger partial charge < -0.3 is 19.3 Å². The number of nitrogens with zero attached hydrogens (tertiary/aromatic N) is 2. The van der Waals surface area contributed by atoms with Crippen LogP contribution in [0.15, 0.2) is 40.9 Å². The van der Waals surface area contributed by atoms with Crippen LogP contribution in [0.25, 0.3) is 11.3 Å². The van der Waals surface area contributed by atoms with Crippen molar-refractivity contribution in [2.45, 2.75) is 6.04 Å². The molecule has 1 fully saturated rings. The Bertz CT molecular complexity index is 682. The van der Waals surface area contributed by atoms with E-state index in [1.165, 1.54) is 11.0 Å². The standard InChI is InChI=1S/C15H14N2O5/c18-14(17-6-7-21-9-12(17)15(19)20)13-8-11(16-22-13)10-4-2-1-3-5-10/h1-5,8,12H,6-7,9H2,(H,19,20). The first-order valence-corrected chi connectivity index (χ1v) is 6.80. The highest BCUT2D eigenvalue weighted by Gasteiger charge is 2.34. The van der Waals surface area contributed by atoms with Gasteiger partial charge in [-0.05, 0) is 0 Å². The summed E-state index contributed by atoms with van der Waals surface area (Å²) in [5.41, 5.74) is 1.35. The lowest BCUT2D eigenvalue weighted by molar-refractivity contribution is -0.147. The molecular weight excluding hydrogens is 288 g/mol. The smallest absolute Gasteiger partial charge is 0.328 e. The zero-order valence-electron chi connectivity index (χ0n) is 11.6. The molecule has 0 saturated carbocycles. The molecule has 1 aliphatic rings. The van der Waals surface area contributed by atoms with Crippen molar-refractivity contribution in [2.24, 2.45) is 0 Å².